The number of methoxy groups -OCH3 is 1. The molecule has 2 aromatic rings. The number of ether oxygens (including phenoxy) is 1. The number of nitrogens with zero attached hydrogens (tertiary/aromatic N) is 2. The number of piperidine rings is 2. The standard InChI is InChI=1S/C25H33N3O4S/c1-19-11-17-28(18-12-19)33(30,31)24-9-3-20(4-10-24)25(29)26-21-13-15-27(16-14-21)22-5-7-23(32-2)8-6-22/h3-10,19,21H,11-18H2,1-2H3,(H,26,29). The molecule has 2 aliphatic heterocycles. The molecule has 2 aliphatic rings. The number of anilines is 1. The van der Waals surface area contributed by atoms with Gasteiger partial charge in [0.15, 0.2) is 0 Å². The lowest BCUT2D eigenvalue weighted by Gasteiger charge is -2.34. The number of benzene rings is 2. The van der Waals surface area contributed by atoms with Gasteiger partial charge in [-0.1, -0.05) is 6.92 Å². The van der Waals surface area contributed by atoms with Gasteiger partial charge in [0, 0.05) is 43.5 Å². The van der Waals surface area contributed by atoms with Crippen LogP contribution >= 0.6 is 0 Å². The van der Waals surface area contributed by atoms with Crippen LogP contribution in [-0.2, 0) is 10.0 Å². The summed E-state index contributed by atoms with van der Waals surface area (Å²) in [4.78, 5) is 15.3. The van der Waals surface area contributed by atoms with Crippen LogP contribution in [0.2, 0.25) is 0 Å². The van der Waals surface area contributed by atoms with Crippen molar-refractivity contribution in [2.75, 3.05) is 38.2 Å². The van der Waals surface area contributed by atoms with Gasteiger partial charge in [0.2, 0.25) is 10.0 Å². The third-order valence-electron chi connectivity index (χ3n) is 6.76. The average Bonchev–Trinajstić information content (AvgIpc) is 2.85. The maximum absolute atomic E-state index is 12.9. The van der Waals surface area contributed by atoms with Crippen LogP contribution in [0.25, 0.3) is 0 Å². The first-order valence-corrected chi connectivity index (χ1v) is 13.1. The number of hydrogen-bond acceptors (Lipinski definition) is 5. The molecule has 2 aromatic carbocycles. The molecular formula is C25H33N3O4S. The van der Waals surface area contributed by atoms with E-state index in [0.717, 1.165) is 50.2 Å². The Bertz CT molecular complexity index is 1040. The molecule has 0 aliphatic carbocycles. The Morgan fingerprint density at radius 2 is 1.52 bits per heavy atom. The van der Waals surface area contributed by atoms with Gasteiger partial charge in [-0.15, -0.1) is 0 Å². The predicted octanol–water partition coefficient (Wildman–Crippen LogP) is 3.51. The molecule has 0 atom stereocenters. The highest BCUT2D eigenvalue weighted by molar-refractivity contribution is 7.89. The third-order valence-corrected chi connectivity index (χ3v) is 8.68. The van der Waals surface area contributed by atoms with Crippen LogP contribution in [0.3, 0.4) is 0 Å². The minimum absolute atomic E-state index is 0.103. The normalized spacial score (nSPS) is 18.8. The van der Waals surface area contributed by atoms with Crippen molar-refractivity contribution in [2.45, 2.75) is 43.5 Å². The van der Waals surface area contributed by atoms with E-state index in [1.807, 2.05) is 12.1 Å². The summed E-state index contributed by atoms with van der Waals surface area (Å²) in [5.41, 5.74) is 1.64. The second-order valence-electron chi connectivity index (χ2n) is 9.04. The lowest BCUT2D eigenvalue weighted by atomic mass is 10.0. The molecule has 0 unspecified atom stereocenters. The quantitative estimate of drug-likeness (QED) is 0.698. The van der Waals surface area contributed by atoms with Crippen molar-refractivity contribution >= 4 is 21.6 Å². The van der Waals surface area contributed by atoms with Gasteiger partial charge in [0.25, 0.3) is 5.91 Å². The molecule has 2 fully saturated rings. The Morgan fingerprint density at radius 3 is 2.09 bits per heavy atom. The van der Waals surface area contributed by atoms with Crippen LogP contribution in [0.1, 0.15) is 43.0 Å². The summed E-state index contributed by atoms with van der Waals surface area (Å²) in [5, 5.41) is 3.11. The molecule has 178 valence electrons. The molecule has 0 bridgehead atoms. The number of amides is 1. The molecule has 7 nitrogen and oxygen atoms in total. The van der Waals surface area contributed by atoms with E-state index in [0.29, 0.717) is 24.6 Å². The summed E-state index contributed by atoms with van der Waals surface area (Å²) in [5.74, 6) is 1.24. The molecule has 4 rings (SSSR count). The number of rotatable bonds is 6. The zero-order valence-corrected chi connectivity index (χ0v) is 20.2. The first kappa shape index (κ1) is 23.6. The number of nitrogens with one attached hydrogen (secondary N) is 1. The smallest absolute Gasteiger partial charge is 0.251 e. The first-order chi connectivity index (χ1) is 15.9. The summed E-state index contributed by atoms with van der Waals surface area (Å²) in [7, 11) is -1.85. The molecule has 2 heterocycles. The van der Waals surface area contributed by atoms with Crippen molar-refractivity contribution < 1.29 is 17.9 Å². The highest BCUT2D eigenvalue weighted by atomic mass is 32.2. The van der Waals surface area contributed by atoms with E-state index in [2.05, 4.69) is 29.3 Å². The molecule has 0 saturated carbocycles. The monoisotopic (exact) mass is 471 g/mol. The fourth-order valence-corrected chi connectivity index (χ4v) is 5.97. The minimum atomic E-state index is -3.50. The first-order valence-electron chi connectivity index (χ1n) is 11.7. The van der Waals surface area contributed by atoms with Crippen LogP contribution in [0.5, 0.6) is 5.75 Å². The molecule has 8 heteroatoms. The Balaban J connectivity index is 1.31. The topological polar surface area (TPSA) is 79.0 Å². The van der Waals surface area contributed by atoms with Crippen molar-refractivity contribution in [3.63, 3.8) is 0 Å². The number of sulfonamides is 1. The van der Waals surface area contributed by atoms with Crippen LogP contribution in [0.4, 0.5) is 5.69 Å². The summed E-state index contributed by atoms with van der Waals surface area (Å²) >= 11 is 0. The largest absolute Gasteiger partial charge is 0.497 e. The lowest BCUT2D eigenvalue weighted by Crippen LogP contribution is -2.44. The zero-order valence-electron chi connectivity index (χ0n) is 19.4. The van der Waals surface area contributed by atoms with Gasteiger partial charge in [-0.2, -0.15) is 4.31 Å². The van der Waals surface area contributed by atoms with E-state index in [4.69, 9.17) is 4.74 Å². The molecule has 33 heavy (non-hydrogen) atoms. The van der Waals surface area contributed by atoms with Crippen LogP contribution in [-0.4, -0.2) is 58.0 Å². The summed E-state index contributed by atoms with van der Waals surface area (Å²) in [6, 6.07) is 14.4. The van der Waals surface area contributed by atoms with Crippen LogP contribution in [0, 0.1) is 5.92 Å². The Hall–Kier alpha value is -2.58. The van der Waals surface area contributed by atoms with Crippen LogP contribution < -0.4 is 15.0 Å². The molecule has 1 amide bonds. The summed E-state index contributed by atoms with van der Waals surface area (Å²) < 4.78 is 32.6. The maximum atomic E-state index is 12.9. The third kappa shape index (κ3) is 5.50. The molecule has 2 saturated heterocycles. The molecular weight excluding hydrogens is 438 g/mol. The molecule has 0 aromatic heterocycles. The fourth-order valence-electron chi connectivity index (χ4n) is 4.50. The van der Waals surface area contributed by atoms with E-state index < -0.39 is 10.0 Å². The number of carbonyl (C=O) groups excluding carboxylic acids is 1. The van der Waals surface area contributed by atoms with Gasteiger partial charge in [-0.05, 0) is 80.1 Å². The van der Waals surface area contributed by atoms with Gasteiger partial charge in [-0.25, -0.2) is 8.42 Å². The van der Waals surface area contributed by atoms with Crippen molar-refractivity contribution in [3.05, 3.63) is 54.1 Å². The van der Waals surface area contributed by atoms with Gasteiger partial charge in [-0.3, -0.25) is 4.79 Å². The second-order valence-corrected chi connectivity index (χ2v) is 11.0. The van der Waals surface area contributed by atoms with Gasteiger partial charge in [0.05, 0.1) is 12.0 Å². The van der Waals surface area contributed by atoms with E-state index in [1.54, 1.807) is 35.7 Å². The second kappa shape index (κ2) is 10.1. The highest BCUT2D eigenvalue weighted by Gasteiger charge is 2.28. The van der Waals surface area contributed by atoms with Gasteiger partial charge in [0.1, 0.15) is 5.75 Å². The van der Waals surface area contributed by atoms with Gasteiger partial charge < -0.3 is 15.0 Å². The number of hydrogen-bond donors (Lipinski definition) is 1. The van der Waals surface area contributed by atoms with Crippen molar-refractivity contribution in [2.24, 2.45) is 5.92 Å². The van der Waals surface area contributed by atoms with Gasteiger partial charge >= 0.3 is 0 Å². The molecule has 1 N–H and O–H groups in total. The lowest BCUT2D eigenvalue weighted by molar-refractivity contribution is 0.0931. The van der Waals surface area contributed by atoms with Crippen molar-refractivity contribution in [3.8, 4) is 5.75 Å². The Morgan fingerprint density at radius 1 is 0.909 bits per heavy atom. The van der Waals surface area contributed by atoms with E-state index >= 15 is 0 Å². The average molecular weight is 472 g/mol. The number of carbonyl (C=O) groups is 1. The fraction of sp³-hybridized carbons (Fsp3) is 0.480. The van der Waals surface area contributed by atoms with E-state index in [1.165, 1.54) is 0 Å². The minimum Gasteiger partial charge on any atom is -0.497 e. The zero-order chi connectivity index (χ0) is 23.4. The van der Waals surface area contributed by atoms with E-state index in [-0.39, 0.29) is 16.8 Å². The van der Waals surface area contributed by atoms with Crippen molar-refractivity contribution in [1.82, 2.24) is 9.62 Å². The maximum Gasteiger partial charge on any atom is 0.251 e. The van der Waals surface area contributed by atoms with Crippen molar-refractivity contribution in [1.29, 1.82) is 0 Å². The highest BCUT2D eigenvalue weighted by Crippen LogP contribution is 2.25. The van der Waals surface area contributed by atoms with E-state index in [9.17, 15) is 13.2 Å². The predicted molar refractivity (Wildman–Crippen MR) is 129 cm³/mol. The van der Waals surface area contributed by atoms with Crippen LogP contribution in [0.15, 0.2) is 53.4 Å². The Kier molecular flexibility index (Phi) is 7.24. The SMILES string of the molecule is COc1ccc(N2CCC(NC(=O)c3ccc(S(=O)(=O)N4CCC(C)CC4)cc3)CC2)cc1. The molecule has 0 radical (unpaired) electrons. The summed E-state index contributed by atoms with van der Waals surface area (Å²) in [6.07, 6.45) is 3.49. The molecule has 0 spiro atoms. The Labute approximate surface area is 196 Å². The summed E-state index contributed by atoms with van der Waals surface area (Å²) in [6.45, 7) is 4.99.